The van der Waals surface area contributed by atoms with Crippen LogP contribution in [-0.2, 0) is 11.2 Å². The first-order valence-electron chi connectivity index (χ1n) is 8.69. The zero-order chi connectivity index (χ0) is 20.9. The second kappa shape index (κ2) is 8.30. The Morgan fingerprint density at radius 1 is 1.18 bits per heavy atom. The number of rotatable bonds is 10. The van der Waals surface area contributed by atoms with Gasteiger partial charge in [-0.3, -0.25) is 20.2 Å². The third-order valence-electron chi connectivity index (χ3n) is 4.15. The van der Waals surface area contributed by atoms with Crippen molar-refractivity contribution < 1.29 is 14.6 Å². The van der Waals surface area contributed by atoms with Gasteiger partial charge in [-0.05, 0) is 40.2 Å². The fourth-order valence-corrected chi connectivity index (χ4v) is 2.70. The van der Waals surface area contributed by atoms with Crippen LogP contribution >= 0.6 is 0 Å². The van der Waals surface area contributed by atoms with Crippen LogP contribution in [0.3, 0.4) is 0 Å². The molecule has 0 radical (unpaired) electrons. The number of benzene rings is 1. The lowest BCUT2D eigenvalue weighted by atomic mass is 9.99. The van der Waals surface area contributed by atoms with Crippen molar-refractivity contribution in [3.8, 4) is 0 Å². The molecule has 0 saturated heterocycles. The minimum Gasteiger partial charge on any atom is -0.375 e. The molecule has 0 saturated carbocycles. The molecule has 1 aromatic heterocycles. The van der Waals surface area contributed by atoms with Gasteiger partial charge in [0.05, 0.1) is 33.4 Å². The van der Waals surface area contributed by atoms with Gasteiger partial charge in [-0.15, -0.1) is 0 Å². The summed E-state index contributed by atoms with van der Waals surface area (Å²) in [5, 5.41) is 35.6. The standard InChI is InChI=1S/C17H24N6O5/c1-16(2,7-8-28-17(3,4)10-12-11-18-21-20-12)19-14-6-5-13(22(24)25)9-15(14)23(26)27/h5-6,9,11,19H,7-8,10H2,1-4H3,(H,18,20,21). The Morgan fingerprint density at radius 2 is 1.89 bits per heavy atom. The number of nitrogens with zero attached hydrogens (tertiary/aromatic N) is 4. The highest BCUT2D eigenvalue weighted by atomic mass is 16.6. The predicted octanol–water partition coefficient (Wildman–Crippen LogP) is 3.24. The van der Waals surface area contributed by atoms with E-state index in [4.69, 9.17) is 4.74 Å². The van der Waals surface area contributed by atoms with E-state index in [0.717, 1.165) is 11.8 Å². The normalized spacial score (nSPS) is 12.0. The number of nitro groups is 2. The highest BCUT2D eigenvalue weighted by molar-refractivity contribution is 5.66. The molecule has 1 heterocycles. The molecule has 0 amide bonds. The molecule has 1 aromatic carbocycles. The Labute approximate surface area is 161 Å². The minimum absolute atomic E-state index is 0.224. The maximum Gasteiger partial charge on any atom is 0.299 e. The molecule has 11 nitrogen and oxygen atoms in total. The molecular formula is C17H24N6O5. The molecule has 0 aliphatic carbocycles. The summed E-state index contributed by atoms with van der Waals surface area (Å²) < 4.78 is 5.96. The van der Waals surface area contributed by atoms with Gasteiger partial charge < -0.3 is 10.1 Å². The van der Waals surface area contributed by atoms with E-state index in [-0.39, 0.29) is 17.1 Å². The van der Waals surface area contributed by atoms with E-state index < -0.39 is 21.0 Å². The van der Waals surface area contributed by atoms with Gasteiger partial charge >= 0.3 is 0 Å². The molecule has 2 aromatic rings. The number of aromatic nitrogens is 3. The first-order chi connectivity index (χ1) is 13.0. The molecule has 11 heteroatoms. The van der Waals surface area contributed by atoms with Crippen molar-refractivity contribution in [1.82, 2.24) is 15.4 Å². The number of hydrogen-bond acceptors (Lipinski definition) is 8. The Bertz CT molecular complexity index is 835. The number of nitrogens with one attached hydrogen (secondary N) is 2. The third-order valence-corrected chi connectivity index (χ3v) is 4.15. The molecule has 2 N–H and O–H groups in total. The van der Waals surface area contributed by atoms with Crippen LogP contribution in [0.1, 0.15) is 39.8 Å². The highest BCUT2D eigenvalue weighted by Gasteiger charge is 2.27. The lowest BCUT2D eigenvalue weighted by Crippen LogP contribution is -2.35. The molecule has 28 heavy (non-hydrogen) atoms. The summed E-state index contributed by atoms with van der Waals surface area (Å²) in [6.45, 7) is 8.07. The summed E-state index contributed by atoms with van der Waals surface area (Å²) in [6.07, 6.45) is 2.79. The zero-order valence-electron chi connectivity index (χ0n) is 16.3. The van der Waals surface area contributed by atoms with Crippen molar-refractivity contribution in [2.45, 2.75) is 51.7 Å². The van der Waals surface area contributed by atoms with E-state index in [1.165, 1.54) is 12.1 Å². The molecule has 0 spiro atoms. The van der Waals surface area contributed by atoms with Crippen molar-refractivity contribution in [3.05, 3.63) is 50.3 Å². The van der Waals surface area contributed by atoms with E-state index in [0.29, 0.717) is 19.4 Å². The Hall–Kier alpha value is -3.08. The summed E-state index contributed by atoms with van der Waals surface area (Å²) in [7, 11) is 0. The molecule has 2 rings (SSSR count). The Morgan fingerprint density at radius 3 is 2.46 bits per heavy atom. The van der Waals surface area contributed by atoms with Gasteiger partial charge in [0.25, 0.3) is 11.4 Å². The number of non-ortho nitro benzene ring substituents is 1. The summed E-state index contributed by atoms with van der Waals surface area (Å²) in [4.78, 5) is 20.8. The Kier molecular flexibility index (Phi) is 6.29. The lowest BCUT2D eigenvalue weighted by molar-refractivity contribution is -0.393. The largest absolute Gasteiger partial charge is 0.375 e. The number of nitro benzene ring substituents is 2. The van der Waals surface area contributed by atoms with Crippen LogP contribution in [-0.4, -0.2) is 43.0 Å². The number of anilines is 1. The minimum atomic E-state index is -0.660. The Balaban J connectivity index is 1.99. The summed E-state index contributed by atoms with van der Waals surface area (Å²) >= 11 is 0. The van der Waals surface area contributed by atoms with Crippen LogP contribution in [0.5, 0.6) is 0 Å². The van der Waals surface area contributed by atoms with Crippen LogP contribution in [0.25, 0.3) is 0 Å². The number of hydrogen-bond donors (Lipinski definition) is 2. The van der Waals surface area contributed by atoms with Gasteiger partial charge in [-0.25, -0.2) is 0 Å². The number of aromatic amines is 1. The molecule has 0 aliphatic rings. The van der Waals surface area contributed by atoms with Gasteiger partial charge in [-0.1, -0.05) is 0 Å². The van der Waals surface area contributed by atoms with Crippen LogP contribution in [0.4, 0.5) is 17.1 Å². The highest BCUT2D eigenvalue weighted by Crippen LogP contribution is 2.32. The zero-order valence-corrected chi connectivity index (χ0v) is 16.3. The molecule has 0 atom stereocenters. The van der Waals surface area contributed by atoms with Gasteiger partial charge in [0.15, 0.2) is 0 Å². The second-order valence-electron chi connectivity index (χ2n) is 7.72. The van der Waals surface area contributed by atoms with Crippen LogP contribution < -0.4 is 5.32 Å². The second-order valence-corrected chi connectivity index (χ2v) is 7.72. The SMILES string of the molecule is CC(C)(CCOC(C)(C)Cc1cn[nH]n1)Nc1ccc([N+](=O)[O-])cc1[N+](=O)[O-]. The third kappa shape index (κ3) is 5.98. The molecule has 152 valence electrons. The monoisotopic (exact) mass is 392 g/mol. The summed E-state index contributed by atoms with van der Waals surface area (Å²) in [6, 6.07) is 3.55. The van der Waals surface area contributed by atoms with E-state index in [1.54, 1.807) is 6.20 Å². The first-order valence-corrected chi connectivity index (χ1v) is 8.69. The molecule has 0 aliphatic heterocycles. The van der Waals surface area contributed by atoms with E-state index in [2.05, 4.69) is 20.7 Å². The van der Waals surface area contributed by atoms with Crippen LogP contribution in [0.2, 0.25) is 0 Å². The van der Waals surface area contributed by atoms with Crippen molar-refractivity contribution in [1.29, 1.82) is 0 Å². The van der Waals surface area contributed by atoms with E-state index in [9.17, 15) is 20.2 Å². The molecule has 0 bridgehead atoms. The smallest absolute Gasteiger partial charge is 0.299 e. The number of H-pyrrole nitrogens is 1. The lowest BCUT2D eigenvalue weighted by Gasteiger charge is -2.30. The van der Waals surface area contributed by atoms with Crippen molar-refractivity contribution >= 4 is 17.1 Å². The fourth-order valence-electron chi connectivity index (χ4n) is 2.70. The van der Waals surface area contributed by atoms with Gasteiger partial charge in [0.2, 0.25) is 0 Å². The average molecular weight is 392 g/mol. The maximum atomic E-state index is 11.3. The average Bonchev–Trinajstić information content (AvgIpc) is 3.06. The van der Waals surface area contributed by atoms with Gasteiger partial charge in [-0.2, -0.15) is 15.4 Å². The van der Waals surface area contributed by atoms with Crippen LogP contribution in [0.15, 0.2) is 24.4 Å². The molecule has 0 unspecified atom stereocenters. The summed E-state index contributed by atoms with van der Waals surface area (Å²) in [5.74, 6) is 0. The van der Waals surface area contributed by atoms with E-state index in [1.807, 2.05) is 27.7 Å². The predicted molar refractivity (Wildman–Crippen MR) is 102 cm³/mol. The number of ether oxygens (including phenoxy) is 1. The first kappa shape index (κ1) is 21.2. The van der Waals surface area contributed by atoms with Crippen molar-refractivity contribution in [2.75, 3.05) is 11.9 Å². The maximum absolute atomic E-state index is 11.3. The molecular weight excluding hydrogens is 368 g/mol. The summed E-state index contributed by atoms with van der Waals surface area (Å²) in [5.41, 5.74) is -0.633. The van der Waals surface area contributed by atoms with Gasteiger partial charge in [0, 0.05) is 24.6 Å². The van der Waals surface area contributed by atoms with Crippen LogP contribution in [0, 0.1) is 20.2 Å². The quantitative estimate of drug-likeness (QED) is 0.462. The van der Waals surface area contributed by atoms with Crippen molar-refractivity contribution in [2.24, 2.45) is 0 Å². The van der Waals surface area contributed by atoms with E-state index >= 15 is 0 Å². The van der Waals surface area contributed by atoms with Gasteiger partial charge in [0.1, 0.15) is 5.69 Å². The van der Waals surface area contributed by atoms with Crippen molar-refractivity contribution in [3.63, 3.8) is 0 Å². The molecule has 0 fully saturated rings. The topological polar surface area (TPSA) is 149 Å². The fraction of sp³-hybridized carbons (Fsp3) is 0.529.